The fourth-order valence-electron chi connectivity index (χ4n) is 2.23. The van der Waals surface area contributed by atoms with Crippen molar-refractivity contribution in [1.29, 1.82) is 0 Å². The minimum atomic E-state index is -1.16. The van der Waals surface area contributed by atoms with Gasteiger partial charge in [0.1, 0.15) is 11.9 Å². The molecule has 0 saturated carbocycles. The van der Waals surface area contributed by atoms with Crippen molar-refractivity contribution in [2.24, 2.45) is 0 Å². The Kier molecular flexibility index (Phi) is 3.89. The summed E-state index contributed by atoms with van der Waals surface area (Å²) in [6.45, 7) is 1.59. The first-order valence-electron chi connectivity index (χ1n) is 6.13. The Morgan fingerprint density at radius 2 is 2.15 bits per heavy atom. The third-order valence-corrected chi connectivity index (χ3v) is 3.25. The Morgan fingerprint density at radius 1 is 1.45 bits per heavy atom. The number of nitrogens with zero attached hydrogens (tertiary/aromatic N) is 1. The van der Waals surface area contributed by atoms with Gasteiger partial charge in [-0.1, -0.05) is 0 Å². The highest BCUT2D eigenvalue weighted by Crippen LogP contribution is 2.21. The van der Waals surface area contributed by atoms with Gasteiger partial charge in [0, 0.05) is 18.7 Å². The molecule has 2 rings (SSSR count). The van der Waals surface area contributed by atoms with Crippen molar-refractivity contribution in [3.05, 3.63) is 29.6 Å². The van der Waals surface area contributed by atoms with E-state index in [0.29, 0.717) is 11.3 Å². The van der Waals surface area contributed by atoms with Crippen LogP contribution in [0.2, 0.25) is 0 Å². The summed E-state index contributed by atoms with van der Waals surface area (Å²) >= 11 is 0. The number of aliphatic carboxylic acids is 1. The topological polar surface area (TPSA) is 89.9 Å². The van der Waals surface area contributed by atoms with E-state index in [4.69, 9.17) is 5.11 Å². The quantitative estimate of drug-likeness (QED) is 0.760. The van der Waals surface area contributed by atoms with Gasteiger partial charge in [-0.25, -0.2) is 14.0 Å². The number of carboxylic acids is 1. The second-order valence-corrected chi connectivity index (χ2v) is 4.79. The molecule has 0 aliphatic carbocycles. The molecule has 2 atom stereocenters. The lowest BCUT2D eigenvalue weighted by atomic mass is 10.2. The number of urea groups is 1. The predicted octanol–water partition coefficient (Wildman–Crippen LogP) is 1.19. The molecule has 1 heterocycles. The molecular weight excluding hydrogens is 267 g/mol. The lowest BCUT2D eigenvalue weighted by Gasteiger charge is -2.22. The molecule has 1 saturated heterocycles. The lowest BCUT2D eigenvalue weighted by Crippen LogP contribution is -2.43. The fraction of sp³-hybridized carbons (Fsp3) is 0.385. The SMILES string of the molecule is Cc1cc(F)ccc1NC(=O)N1C[C@H](O)C[C@@H]1C(=O)O. The van der Waals surface area contributed by atoms with Crippen LogP contribution in [0, 0.1) is 12.7 Å². The van der Waals surface area contributed by atoms with Crippen LogP contribution in [0.15, 0.2) is 18.2 Å². The summed E-state index contributed by atoms with van der Waals surface area (Å²) < 4.78 is 13.0. The first-order valence-corrected chi connectivity index (χ1v) is 6.13. The van der Waals surface area contributed by atoms with Crippen LogP contribution in [0.1, 0.15) is 12.0 Å². The van der Waals surface area contributed by atoms with E-state index < -0.39 is 30.0 Å². The highest BCUT2D eigenvalue weighted by Gasteiger charge is 2.39. The molecule has 3 N–H and O–H groups in total. The third kappa shape index (κ3) is 2.88. The van der Waals surface area contributed by atoms with E-state index >= 15 is 0 Å². The number of nitrogens with one attached hydrogen (secondary N) is 1. The van der Waals surface area contributed by atoms with Crippen LogP contribution < -0.4 is 5.32 Å². The number of hydrogen-bond donors (Lipinski definition) is 3. The van der Waals surface area contributed by atoms with Gasteiger partial charge in [0.05, 0.1) is 6.10 Å². The number of carbonyl (C=O) groups excluding carboxylic acids is 1. The summed E-state index contributed by atoms with van der Waals surface area (Å²) in [4.78, 5) is 24.2. The van der Waals surface area contributed by atoms with Gasteiger partial charge in [-0.3, -0.25) is 0 Å². The molecule has 0 radical (unpaired) electrons. The van der Waals surface area contributed by atoms with Crippen molar-refractivity contribution in [3.8, 4) is 0 Å². The Balaban J connectivity index is 2.13. The number of benzene rings is 1. The van der Waals surface area contributed by atoms with Gasteiger partial charge >= 0.3 is 12.0 Å². The molecule has 1 aliphatic rings. The van der Waals surface area contributed by atoms with E-state index in [0.717, 1.165) is 4.90 Å². The second-order valence-electron chi connectivity index (χ2n) is 4.79. The molecule has 6 nitrogen and oxygen atoms in total. The molecule has 1 aromatic carbocycles. The van der Waals surface area contributed by atoms with Gasteiger partial charge in [-0.15, -0.1) is 0 Å². The Morgan fingerprint density at radius 3 is 2.75 bits per heavy atom. The molecule has 20 heavy (non-hydrogen) atoms. The van der Waals surface area contributed by atoms with E-state index in [2.05, 4.69) is 5.32 Å². The maximum Gasteiger partial charge on any atom is 0.326 e. The van der Waals surface area contributed by atoms with Gasteiger partial charge in [0.15, 0.2) is 0 Å². The molecule has 1 aromatic rings. The van der Waals surface area contributed by atoms with Crippen molar-refractivity contribution >= 4 is 17.7 Å². The summed E-state index contributed by atoms with van der Waals surface area (Å²) in [7, 11) is 0. The molecule has 7 heteroatoms. The number of likely N-dealkylation sites (tertiary alicyclic amines) is 1. The fourth-order valence-corrected chi connectivity index (χ4v) is 2.23. The number of amides is 2. The number of halogens is 1. The Hall–Kier alpha value is -2.15. The zero-order valence-corrected chi connectivity index (χ0v) is 10.8. The van der Waals surface area contributed by atoms with Crippen LogP contribution in [0.3, 0.4) is 0 Å². The molecule has 0 bridgehead atoms. The molecule has 1 aliphatic heterocycles. The Labute approximate surface area is 114 Å². The van der Waals surface area contributed by atoms with Gasteiger partial charge in [-0.05, 0) is 30.7 Å². The molecule has 1 fully saturated rings. The van der Waals surface area contributed by atoms with Gasteiger partial charge in [0.25, 0.3) is 0 Å². The zero-order chi connectivity index (χ0) is 14.9. The van der Waals surface area contributed by atoms with Crippen molar-refractivity contribution < 1.29 is 24.2 Å². The number of aliphatic hydroxyl groups is 1. The first-order chi connectivity index (χ1) is 9.38. The highest BCUT2D eigenvalue weighted by atomic mass is 19.1. The van der Waals surface area contributed by atoms with Crippen molar-refractivity contribution in [2.75, 3.05) is 11.9 Å². The van der Waals surface area contributed by atoms with Crippen LogP contribution in [0.5, 0.6) is 0 Å². The number of anilines is 1. The smallest absolute Gasteiger partial charge is 0.326 e. The lowest BCUT2D eigenvalue weighted by molar-refractivity contribution is -0.141. The number of rotatable bonds is 2. The van der Waals surface area contributed by atoms with E-state index in [1.54, 1.807) is 6.92 Å². The van der Waals surface area contributed by atoms with Crippen molar-refractivity contribution in [1.82, 2.24) is 4.90 Å². The summed E-state index contributed by atoms with van der Waals surface area (Å²) in [5.74, 6) is -1.58. The predicted molar refractivity (Wildman–Crippen MR) is 68.9 cm³/mol. The van der Waals surface area contributed by atoms with Crippen LogP contribution in [-0.2, 0) is 4.79 Å². The normalized spacial score (nSPS) is 21.9. The summed E-state index contributed by atoms with van der Waals surface area (Å²) in [5, 5.41) is 21.0. The number of aryl methyl sites for hydroxylation is 1. The van der Waals surface area contributed by atoms with Crippen molar-refractivity contribution in [3.63, 3.8) is 0 Å². The summed E-state index contributed by atoms with van der Waals surface area (Å²) in [6, 6.07) is 2.21. The number of aliphatic hydroxyl groups excluding tert-OH is 1. The second kappa shape index (κ2) is 5.46. The number of carboxylic acid groups (broad SMARTS) is 1. The highest BCUT2D eigenvalue weighted by molar-refractivity contribution is 5.93. The van der Waals surface area contributed by atoms with Crippen LogP contribution >= 0.6 is 0 Å². The zero-order valence-electron chi connectivity index (χ0n) is 10.8. The average Bonchev–Trinajstić information content (AvgIpc) is 2.75. The number of hydrogen-bond acceptors (Lipinski definition) is 3. The number of β-amino-alcohol motifs (C(OH)–C–C–N with tert-alkyl or cyclic N) is 1. The van der Waals surface area contributed by atoms with Crippen LogP contribution in [-0.4, -0.2) is 45.8 Å². The molecule has 0 unspecified atom stereocenters. The van der Waals surface area contributed by atoms with E-state index in [1.807, 2.05) is 0 Å². The van der Waals surface area contributed by atoms with Crippen molar-refractivity contribution in [2.45, 2.75) is 25.5 Å². The Bertz CT molecular complexity index is 549. The van der Waals surface area contributed by atoms with E-state index in [1.165, 1.54) is 18.2 Å². The maximum absolute atomic E-state index is 13.0. The summed E-state index contributed by atoms with van der Waals surface area (Å²) in [6.07, 6.45) is -0.846. The minimum absolute atomic E-state index is 0.00511. The summed E-state index contributed by atoms with van der Waals surface area (Å²) in [5.41, 5.74) is 0.937. The largest absolute Gasteiger partial charge is 0.480 e. The minimum Gasteiger partial charge on any atom is -0.480 e. The molecular formula is C13H15FN2O4. The van der Waals surface area contributed by atoms with Gasteiger partial charge < -0.3 is 20.4 Å². The molecule has 0 aromatic heterocycles. The molecule has 2 amide bonds. The third-order valence-electron chi connectivity index (χ3n) is 3.25. The maximum atomic E-state index is 13.0. The first kappa shape index (κ1) is 14.3. The van der Waals surface area contributed by atoms with Gasteiger partial charge in [-0.2, -0.15) is 0 Å². The van der Waals surface area contributed by atoms with Gasteiger partial charge in [0.2, 0.25) is 0 Å². The van der Waals surface area contributed by atoms with E-state index in [-0.39, 0.29) is 13.0 Å². The van der Waals surface area contributed by atoms with Crippen LogP contribution in [0.25, 0.3) is 0 Å². The molecule has 0 spiro atoms. The number of carbonyl (C=O) groups is 2. The standard InChI is InChI=1S/C13H15FN2O4/c1-7-4-8(14)2-3-10(7)15-13(20)16-6-9(17)5-11(16)12(18)19/h2-4,9,11,17H,5-6H2,1H3,(H,15,20)(H,18,19)/t9-,11-/m1/s1. The molecule has 108 valence electrons. The average molecular weight is 282 g/mol. The van der Waals surface area contributed by atoms with Crippen LogP contribution in [0.4, 0.5) is 14.9 Å². The monoisotopic (exact) mass is 282 g/mol. The van der Waals surface area contributed by atoms with E-state index in [9.17, 15) is 19.1 Å².